The van der Waals surface area contributed by atoms with Gasteiger partial charge in [-0.25, -0.2) is 0 Å². The summed E-state index contributed by atoms with van der Waals surface area (Å²) in [6, 6.07) is 2.37. The Hall–Kier alpha value is -1.89. The molecule has 2 rings (SSSR count). The molecule has 1 saturated carbocycles. The lowest BCUT2D eigenvalue weighted by molar-refractivity contribution is -0.402. The summed E-state index contributed by atoms with van der Waals surface area (Å²) in [5, 5.41) is 23.0. The van der Waals surface area contributed by atoms with Gasteiger partial charge in [-0.1, -0.05) is 12.8 Å². The van der Waals surface area contributed by atoms with Gasteiger partial charge in [0.1, 0.15) is 4.92 Å². The van der Waals surface area contributed by atoms with Crippen LogP contribution in [0.1, 0.15) is 36.2 Å². The molecule has 0 spiro atoms. The Labute approximate surface area is 103 Å². The monoisotopic (exact) mass is 254 g/mol. The lowest BCUT2D eigenvalue weighted by Crippen LogP contribution is -2.40. The average Bonchev–Trinajstić information content (AvgIpc) is 2.95. The van der Waals surface area contributed by atoms with Gasteiger partial charge in [0, 0.05) is 6.54 Å². The molecular formula is C11H14N2O5. The highest BCUT2D eigenvalue weighted by atomic mass is 16.6. The van der Waals surface area contributed by atoms with Gasteiger partial charge in [-0.2, -0.15) is 0 Å². The first-order valence-electron chi connectivity index (χ1n) is 5.75. The van der Waals surface area contributed by atoms with Crippen LogP contribution in [0.15, 0.2) is 16.5 Å². The van der Waals surface area contributed by atoms with Crippen molar-refractivity contribution < 1.29 is 19.2 Å². The van der Waals surface area contributed by atoms with Crippen molar-refractivity contribution in [3.63, 3.8) is 0 Å². The predicted octanol–water partition coefficient (Wildman–Crippen LogP) is 1.22. The number of carbonyl (C=O) groups is 1. The van der Waals surface area contributed by atoms with E-state index in [0.717, 1.165) is 18.9 Å². The van der Waals surface area contributed by atoms with Crippen LogP contribution in [0.25, 0.3) is 0 Å². The van der Waals surface area contributed by atoms with Crippen LogP contribution in [0, 0.1) is 10.1 Å². The third-order valence-electron chi connectivity index (χ3n) is 3.11. The van der Waals surface area contributed by atoms with E-state index in [1.807, 2.05) is 0 Å². The van der Waals surface area contributed by atoms with Gasteiger partial charge in [0.25, 0.3) is 5.91 Å². The van der Waals surface area contributed by atoms with Gasteiger partial charge in [-0.05, 0) is 18.9 Å². The molecule has 1 aromatic rings. The minimum Gasteiger partial charge on any atom is -0.395 e. The quantitative estimate of drug-likeness (QED) is 0.620. The highest BCUT2D eigenvalue weighted by molar-refractivity contribution is 5.91. The summed E-state index contributed by atoms with van der Waals surface area (Å²) in [6.45, 7) is 0.139. The molecule has 0 radical (unpaired) electrons. The Balaban J connectivity index is 1.93. The third-order valence-corrected chi connectivity index (χ3v) is 3.11. The zero-order valence-corrected chi connectivity index (χ0v) is 9.72. The maximum absolute atomic E-state index is 11.6. The zero-order valence-electron chi connectivity index (χ0n) is 9.72. The number of hydrogen-bond donors (Lipinski definition) is 2. The van der Waals surface area contributed by atoms with Crippen molar-refractivity contribution in [1.82, 2.24) is 5.32 Å². The Morgan fingerprint density at radius 3 is 2.72 bits per heavy atom. The summed E-state index contributed by atoms with van der Waals surface area (Å²) in [5.74, 6) is -1.15. The van der Waals surface area contributed by atoms with E-state index in [-0.39, 0.29) is 12.3 Å². The van der Waals surface area contributed by atoms with Crippen LogP contribution in [-0.4, -0.2) is 28.1 Å². The highest BCUT2D eigenvalue weighted by Gasteiger charge is 2.31. The van der Waals surface area contributed by atoms with Gasteiger partial charge >= 0.3 is 5.88 Å². The summed E-state index contributed by atoms with van der Waals surface area (Å²) in [6.07, 6.45) is 3.20. The van der Waals surface area contributed by atoms with Gasteiger partial charge in [0.05, 0.1) is 11.7 Å². The summed E-state index contributed by atoms with van der Waals surface area (Å²) in [7, 11) is 0. The van der Waals surface area contributed by atoms with Crippen molar-refractivity contribution in [1.29, 1.82) is 0 Å². The Morgan fingerprint density at radius 2 is 2.17 bits per heavy atom. The topological polar surface area (TPSA) is 106 Å². The number of hydrogen-bond acceptors (Lipinski definition) is 5. The van der Waals surface area contributed by atoms with Crippen LogP contribution >= 0.6 is 0 Å². The minimum atomic E-state index is -0.853. The lowest BCUT2D eigenvalue weighted by Gasteiger charge is -2.21. The van der Waals surface area contributed by atoms with Gasteiger partial charge in [-0.15, -0.1) is 0 Å². The van der Waals surface area contributed by atoms with E-state index < -0.39 is 22.3 Å². The Morgan fingerprint density at radius 1 is 1.50 bits per heavy atom. The maximum atomic E-state index is 11.6. The summed E-state index contributed by atoms with van der Waals surface area (Å²) in [5.41, 5.74) is -0.853. The number of nitrogens with zero attached hydrogens (tertiary/aromatic N) is 1. The van der Waals surface area contributed by atoms with Gasteiger partial charge in [0.15, 0.2) is 5.76 Å². The molecule has 7 heteroatoms. The normalized spacial score (nSPS) is 17.6. The molecule has 1 aliphatic rings. The first kappa shape index (κ1) is 12.6. The lowest BCUT2D eigenvalue weighted by atomic mass is 10.0. The van der Waals surface area contributed by atoms with Crippen LogP contribution in [0.3, 0.4) is 0 Å². The van der Waals surface area contributed by atoms with E-state index in [2.05, 4.69) is 5.32 Å². The standard InChI is InChI=1S/C11H14N2O5/c14-10(8-3-4-9(18-8)13(16)17)12-7-11(15)5-1-2-6-11/h3-4,15H,1-2,5-7H2,(H,12,14). The summed E-state index contributed by atoms with van der Waals surface area (Å²) < 4.78 is 4.76. The fourth-order valence-corrected chi connectivity index (χ4v) is 2.09. The highest BCUT2D eigenvalue weighted by Crippen LogP contribution is 2.28. The second-order valence-corrected chi connectivity index (χ2v) is 4.51. The van der Waals surface area contributed by atoms with Crippen molar-refractivity contribution in [2.75, 3.05) is 6.54 Å². The second kappa shape index (κ2) is 4.77. The predicted molar refractivity (Wildman–Crippen MR) is 61.1 cm³/mol. The molecule has 0 aliphatic heterocycles. The van der Waals surface area contributed by atoms with E-state index in [0.29, 0.717) is 12.8 Å². The largest absolute Gasteiger partial charge is 0.433 e. The summed E-state index contributed by atoms with van der Waals surface area (Å²) in [4.78, 5) is 21.3. The Kier molecular flexibility index (Phi) is 3.33. The molecule has 1 amide bonds. The first-order valence-corrected chi connectivity index (χ1v) is 5.75. The first-order chi connectivity index (χ1) is 8.50. The molecule has 98 valence electrons. The molecule has 0 atom stereocenters. The summed E-state index contributed by atoms with van der Waals surface area (Å²) >= 11 is 0. The molecular weight excluding hydrogens is 240 g/mol. The molecule has 1 heterocycles. The van der Waals surface area contributed by atoms with Crippen molar-refractivity contribution in [2.24, 2.45) is 0 Å². The third kappa shape index (κ3) is 2.67. The SMILES string of the molecule is O=C(NCC1(O)CCCC1)c1ccc([N+](=O)[O-])o1. The second-order valence-electron chi connectivity index (χ2n) is 4.51. The molecule has 2 N–H and O–H groups in total. The van der Waals surface area contributed by atoms with Crippen LogP contribution in [0.4, 0.5) is 5.88 Å². The van der Waals surface area contributed by atoms with E-state index >= 15 is 0 Å². The van der Waals surface area contributed by atoms with E-state index in [9.17, 15) is 20.0 Å². The average molecular weight is 254 g/mol. The van der Waals surface area contributed by atoms with E-state index in [4.69, 9.17) is 4.42 Å². The number of nitrogens with one attached hydrogen (secondary N) is 1. The van der Waals surface area contributed by atoms with E-state index in [1.165, 1.54) is 6.07 Å². The maximum Gasteiger partial charge on any atom is 0.433 e. The minimum absolute atomic E-state index is 0.122. The van der Waals surface area contributed by atoms with Crippen molar-refractivity contribution in [2.45, 2.75) is 31.3 Å². The molecule has 7 nitrogen and oxygen atoms in total. The number of amides is 1. The van der Waals surface area contributed by atoms with E-state index in [1.54, 1.807) is 0 Å². The van der Waals surface area contributed by atoms with Crippen molar-refractivity contribution >= 4 is 11.8 Å². The molecule has 1 fully saturated rings. The molecule has 0 saturated heterocycles. The molecule has 18 heavy (non-hydrogen) atoms. The number of aliphatic hydroxyl groups is 1. The van der Waals surface area contributed by atoms with Gasteiger partial charge < -0.3 is 14.8 Å². The molecule has 0 unspecified atom stereocenters. The fraction of sp³-hybridized carbons (Fsp3) is 0.545. The molecule has 0 bridgehead atoms. The van der Waals surface area contributed by atoms with Crippen LogP contribution in [-0.2, 0) is 0 Å². The van der Waals surface area contributed by atoms with Crippen molar-refractivity contribution in [3.8, 4) is 0 Å². The van der Waals surface area contributed by atoms with Crippen LogP contribution in [0.5, 0.6) is 0 Å². The van der Waals surface area contributed by atoms with Crippen LogP contribution in [0.2, 0.25) is 0 Å². The number of rotatable bonds is 4. The number of furan rings is 1. The Bertz CT molecular complexity index is 462. The number of carbonyl (C=O) groups excluding carboxylic acids is 1. The molecule has 0 aromatic carbocycles. The fourth-order valence-electron chi connectivity index (χ4n) is 2.09. The molecule has 1 aromatic heterocycles. The van der Waals surface area contributed by atoms with Crippen molar-refractivity contribution in [3.05, 3.63) is 28.0 Å². The smallest absolute Gasteiger partial charge is 0.395 e. The molecule has 1 aliphatic carbocycles. The van der Waals surface area contributed by atoms with Gasteiger partial charge in [0.2, 0.25) is 0 Å². The zero-order chi connectivity index (χ0) is 13.2. The van der Waals surface area contributed by atoms with Crippen LogP contribution < -0.4 is 5.32 Å². The number of nitro groups is 1. The van der Waals surface area contributed by atoms with Gasteiger partial charge in [-0.3, -0.25) is 14.9 Å².